The van der Waals surface area contributed by atoms with E-state index in [1.165, 1.54) is 13.3 Å². The second-order valence-electron chi connectivity index (χ2n) is 6.12. The molecule has 8 nitrogen and oxygen atoms in total. The second kappa shape index (κ2) is 10.8. The Morgan fingerprint density at radius 2 is 1.87 bits per heavy atom. The summed E-state index contributed by atoms with van der Waals surface area (Å²) in [5, 5.41) is 4.77. The molecule has 162 valence electrons. The lowest BCUT2D eigenvalue weighted by atomic mass is 10.2. The zero-order valence-corrected chi connectivity index (χ0v) is 20.9. The molecule has 0 fully saturated rings. The fourth-order valence-electron chi connectivity index (χ4n) is 2.59. The minimum Gasteiger partial charge on any atom is -0.494 e. The van der Waals surface area contributed by atoms with Gasteiger partial charge in [-0.15, -0.1) is 0 Å². The molecule has 1 N–H and O–H groups in total. The van der Waals surface area contributed by atoms with E-state index in [0.717, 1.165) is 18.1 Å². The molecule has 1 amide bonds. The van der Waals surface area contributed by atoms with Crippen LogP contribution in [-0.4, -0.2) is 38.4 Å². The molecule has 0 aliphatic rings. The molecule has 31 heavy (non-hydrogen) atoms. The highest BCUT2D eigenvalue weighted by molar-refractivity contribution is 14.1. The summed E-state index contributed by atoms with van der Waals surface area (Å²) in [6.45, 7) is 2.29. The van der Waals surface area contributed by atoms with Crippen LogP contribution in [0, 0.1) is 7.14 Å². The summed E-state index contributed by atoms with van der Waals surface area (Å²) in [5.74, 6) is 0.523. The Balaban J connectivity index is 1.66. The molecule has 2 aromatic carbocycles. The molecule has 0 radical (unpaired) electrons. The minimum absolute atomic E-state index is 0.150. The Kier molecular flexibility index (Phi) is 8.12. The van der Waals surface area contributed by atoms with E-state index < -0.39 is 11.9 Å². The molecule has 3 aromatic rings. The number of amides is 1. The SMILES string of the molecule is CCOc1ccc2oc(C(=O)N/N=C/c3cc(I)c(OCC(=O)OC)c(I)c3)cc2c1. The standard InChI is InChI=1S/C21H18I2N2O6/c1-3-29-14-4-5-17-13(8-14)9-18(31-17)21(27)25-24-10-12-6-15(22)20(16(23)7-12)30-11-19(26)28-2/h4-10H,3,11H2,1-2H3,(H,25,27)/b24-10+. The van der Waals surface area contributed by atoms with E-state index in [9.17, 15) is 9.59 Å². The number of benzene rings is 2. The molecular weight excluding hydrogens is 630 g/mol. The number of hydrogen-bond donors (Lipinski definition) is 1. The zero-order valence-electron chi connectivity index (χ0n) is 16.6. The topological polar surface area (TPSA) is 99.4 Å². The number of nitrogens with zero attached hydrogens (tertiary/aromatic N) is 1. The van der Waals surface area contributed by atoms with E-state index in [-0.39, 0.29) is 12.4 Å². The number of esters is 1. The number of hydrazone groups is 1. The Bertz CT molecular complexity index is 1120. The van der Waals surface area contributed by atoms with Crippen molar-refractivity contribution in [3.8, 4) is 11.5 Å². The van der Waals surface area contributed by atoms with Crippen molar-refractivity contribution in [1.82, 2.24) is 5.43 Å². The molecule has 0 saturated carbocycles. The number of rotatable bonds is 8. The number of hydrogen-bond acceptors (Lipinski definition) is 7. The molecule has 3 rings (SSSR count). The molecule has 0 aliphatic heterocycles. The van der Waals surface area contributed by atoms with Crippen molar-refractivity contribution in [2.45, 2.75) is 6.92 Å². The van der Waals surface area contributed by atoms with Crippen LogP contribution in [0.1, 0.15) is 23.0 Å². The summed E-state index contributed by atoms with van der Waals surface area (Å²) in [6.07, 6.45) is 1.52. The highest BCUT2D eigenvalue weighted by atomic mass is 127. The van der Waals surface area contributed by atoms with Gasteiger partial charge in [-0.25, -0.2) is 10.2 Å². The minimum atomic E-state index is -0.465. The van der Waals surface area contributed by atoms with E-state index >= 15 is 0 Å². The van der Waals surface area contributed by atoms with E-state index in [0.29, 0.717) is 23.7 Å². The summed E-state index contributed by atoms with van der Waals surface area (Å²) in [6, 6.07) is 10.6. The molecule has 10 heteroatoms. The summed E-state index contributed by atoms with van der Waals surface area (Å²) in [4.78, 5) is 23.6. The number of halogens is 2. The quantitative estimate of drug-likeness (QED) is 0.169. The number of carbonyl (C=O) groups is 2. The first-order valence-corrected chi connectivity index (χ1v) is 11.3. The molecule has 0 aliphatic carbocycles. The maximum atomic E-state index is 12.4. The van der Waals surface area contributed by atoms with Crippen LogP contribution in [0.25, 0.3) is 11.0 Å². The van der Waals surface area contributed by atoms with Gasteiger partial charge < -0.3 is 18.6 Å². The predicted octanol–water partition coefficient (Wildman–Crippen LogP) is 4.36. The average Bonchev–Trinajstić information content (AvgIpc) is 3.16. The summed E-state index contributed by atoms with van der Waals surface area (Å²) >= 11 is 4.21. The second-order valence-corrected chi connectivity index (χ2v) is 8.45. The van der Waals surface area contributed by atoms with Gasteiger partial charge in [0.15, 0.2) is 12.4 Å². The zero-order chi connectivity index (χ0) is 22.4. The maximum absolute atomic E-state index is 12.4. The van der Waals surface area contributed by atoms with Crippen LogP contribution in [0.4, 0.5) is 0 Å². The molecule has 1 heterocycles. The molecular formula is C21H18I2N2O6. The van der Waals surface area contributed by atoms with Crippen LogP contribution in [0.3, 0.4) is 0 Å². The van der Waals surface area contributed by atoms with Crippen LogP contribution in [0.2, 0.25) is 0 Å². The molecule has 0 unspecified atom stereocenters. The van der Waals surface area contributed by atoms with Crippen molar-refractivity contribution in [3.05, 3.63) is 54.9 Å². The van der Waals surface area contributed by atoms with Gasteiger partial charge in [0.25, 0.3) is 0 Å². The van der Waals surface area contributed by atoms with Gasteiger partial charge >= 0.3 is 11.9 Å². The monoisotopic (exact) mass is 648 g/mol. The lowest BCUT2D eigenvalue weighted by Crippen LogP contribution is -2.16. The Hall–Kier alpha value is -2.35. The Morgan fingerprint density at radius 3 is 2.55 bits per heavy atom. The van der Waals surface area contributed by atoms with Crippen LogP contribution in [0.15, 0.2) is 45.9 Å². The van der Waals surface area contributed by atoms with Gasteiger partial charge in [0.05, 0.1) is 27.1 Å². The number of ether oxygens (including phenoxy) is 3. The first-order chi connectivity index (χ1) is 14.9. The third kappa shape index (κ3) is 6.09. The third-order valence-electron chi connectivity index (χ3n) is 3.98. The van der Waals surface area contributed by atoms with Crippen LogP contribution >= 0.6 is 45.2 Å². The molecule has 1 aromatic heterocycles. The molecule has 0 spiro atoms. The molecule has 0 saturated heterocycles. The van der Waals surface area contributed by atoms with Crippen molar-refractivity contribution < 1.29 is 28.2 Å². The number of carbonyl (C=O) groups excluding carboxylic acids is 2. The number of methoxy groups -OCH3 is 1. The van der Waals surface area contributed by atoms with Gasteiger partial charge in [-0.3, -0.25) is 4.79 Å². The van der Waals surface area contributed by atoms with Gasteiger partial charge in [-0.1, -0.05) is 0 Å². The Labute approximate surface area is 205 Å². The van der Waals surface area contributed by atoms with Crippen molar-refractivity contribution >= 4 is 74.2 Å². The first-order valence-electron chi connectivity index (χ1n) is 9.09. The largest absolute Gasteiger partial charge is 0.494 e. The fraction of sp³-hybridized carbons (Fsp3) is 0.190. The highest BCUT2D eigenvalue weighted by Gasteiger charge is 2.13. The lowest BCUT2D eigenvalue weighted by Gasteiger charge is -2.10. The van der Waals surface area contributed by atoms with E-state index in [1.807, 2.05) is 25.1 Å². The summed E-state index contributed by atoms with van der Waals surface area (Å²) in [5.41, 5.74) is 3.80. The smallest absolute Gasteiger partial charge is 0.343 e. The van der Waals surface area contributed by atoms with Crippen molar-refractivity contribution in [2.75, 3.05) is 20.3 Å². The fourth-order valence-corrected chi connectivity index (χ4v) is 4.72. The normalized spacial score (nSPS) is 11.0. The first kappa shape index (κ1) is 23.3. The van der Waals surface area contributed by atoms with E-state index in [1.54, 1.807) is 18.2 Å². The van der Waals surface area contributed by atoms with Gasteiger partial charge in [-0.2, -0.15) is 5.10 Å². The van der Waals surface area contributed by atoms with Crippen LogP contribution in [-0.2, 0) is 9.53 Å². The predicted molar refractivity (Wildman–Crippen MR) is 132 cm³/mol. The number of furan rings is 1. The number of fused-ring (bicyclic) bond motifs is 1. The van der Waals surface area contributed by atoms with Gasteiger partial charge in [0.1, 0.15) is 17.1 Å². The maximum Gasteiger partial charge on any atom is 0.343 e. The molecule has 0 atom stereocenters. The van der Waals surface area contributed by atoms with Crippen LogP contribution < -0.4 is 14.9 Å². The van der Waals surface area contributed by atoms with E-state index in [2.05, 4.69) is 60.4 Å². The number of nitrogens with one attached hydrogen (secondary N) is 1. The van der Waals surface area contributed by atoms with Crippen LogP contribution in [0.5, 0.6) is 11.5 Å². The summed E-state index contributed by atoms with van der Waals surface area (Å²) < 4.78 is 22.7. The Morgan fingerprint density at radius 1 is 1.13 bits per heavy atom. The van der Waals surface area contributed by atoms with Crippen molar-refractivity contribution in [2.24, 2.45) is 5.10 Å². The highest BCUT2D eigenvalue weighted by Crippen LogP contribution is 2.28. The van der Waals surface area contributed by atoms with Gasteiger partial charge in [0, 0.05) is 5.39 Å². The lowest BCUT2D eigenvalue weighted by molar-refractivity contribution is -0.142. The van der Waals surface area contributed by atoms with E-state index in [4.69, 9.17) is 13.9 Å². The van der Waals surface area contributed by atoms with Crippen molar-refractivity contribution in [1.29, 1.82) is 0 Å². The van der Waals surface area contributed by atoms with Crippen molar-refractivity contribution in [3.63, 3.8) is 0 Å². The average molecular weight is 648 g/mol. The van der Waals surface area contributed by atoms with Gasteiger partial charge in [0.2, 0.25) is 0 Å². The molecule has 0 bridgehead atoms. The van der Waals surface area contributed by atoms with Gasteiger partial charge in [-0.05, 0) is 94.1 Å². The summed E-state index contributed by atoms with van der Waals surface area (Å²) in [7, 11) is 1.30. The third-order valence-corrected chi connectivity index (χ3v) is 5.59.